The number of nitrogens with zero attached hydrogens (tertiary/aromatic N) is 1. The summed E-state index contributed by atoms with van der Waals surface area (Å²) in [6.07, 6.45) is 9.55. The predicted octanol–water partition coefficient (Wildman–Crippen LogP) is 5.77. The van der Waals surface area contributed by atoms with Gasteiger partial charge in [0.2, 0.25) is 23.6 Å². The number of aliphatic carboxylic acids is 1. The highest BCUT2D eigenvalue weighted by molar-refractivity contribution is 5.95. The third-order valence-electron chi connectivity index (χ3n) is 10.7. The number of rotatable bonds is 28. The Balaban J connectivity index is 3.64. The predicted molar refractivity (Wildman–Crippen MR) is 246 cm³/mol. The van der Waals surface area contributed by atoms with Crippen molar-refractivity contribution in [2.75, 3.05) is 20.2 Å². The summed E-state index contributed by atoms with van der Waals surface area (Å²) in [6, 6.07) is -5.35. The Morgan fingerprint density at radius 2 is 1.44 bits per heavy atom. The molecule has 0 aromatic carbocycles. The zero-order chi connectivity index (χ0) is 48.1. The Bertz CT molecular complexity index is 1470. The molecule has 0 bridgehead atoms. The van der Waals surface area contributed by atoms with Crippen LogP contribution in [0.25, 0.3) is 0 Å². The van der Waals surface area contributed by atoms with Gasteiger partial charge in [-0.1, -0.05) is 51.7 Å². The molecule has 1 saturated carbocycles. The third kappa shape index (κ3) is 22.4. The SMILES string of the molecule is C=CCCCC[C@@H](OC[C@@H](C)N)[C@@H](CCC=C)C(=O)N(C)[C@@H](CC(C)C)C(=O)N[C@H](C(=O)N[C@@H](CNC(=O)OC(C)(C)C)C(=O)N[C@H](C(=O)O)[C@H](C)OC(C)(C)C)C1CCCCC1. The number of carbonyl (C=O) groups is 6. The summed E-state index contributed by atoms with van der Waals surface area (Å²) in [5.41, 5.74) is 4.47. The van der Waals surface area contributed by atoms with Crippen LogP contribution in [-0.2, 0) is 38.2 Å². The molecule has 0 spiro atoms. The molecule has 63 heavy (non-hydrogen) atoms. The molecule has 1 aliphatic rings. The van der Waals surface area contributed by atoms with Crippen molar-refractivity contribution in [2.24, 2.45) is 23.5 Å². The van der Waals surface area contributed by atoms with Gasteiger partial charge in [-0.25, -0.2) is 9.59 Å². The molecule has 0 radical (unpaired) electrons. The van der Waals surface area contributed by atoms with Gasteiger partial charge in [0.15, 0.2) is 6.04 Å². The average molecular weight is 893 g/mol. The Labute approximate surface area is 378 Å². The van der Waals surface area contributed by atoms with Crippen LogP contribution in [0.3, 0.4) is 0 Å². The molecule has 0 aromatic heterocycles. The lowest BCUT2D eigenvalue weighted by Gasteiger charge is -2.37. The van der Waals surface area contributed by atoms with Crippen LogP contribution >= 0.6 is 0 Å². The number of unbranched alkanes of at least 4 members (excludes halogenated alkanes) is 2. The van der Waals surface area contributed by atoms with E-state index in [0.29, 0.717) is 38.5 Å². The number of ether oxygens (including phenoxy) is 3. The van der Waals surface area contributed by atoms with Crippen molar-refractivity contribution in [1.82, 2.24) is 26.2 Å². The Morgan fingerprint density at radius 3 is 1.97 bits per heavy atom. The van der Waals surface area contributed by atoms with Gasteiger partial charge in [-0.3, -0.25) is 19.2 Å². The van der Waals surface area contributed by atoms with Gasteiger partial charge in [-0.05, 0) is 119 Å². The molecule has 0 aromatic rings. The molecule has 1 fully saturated rings. The summed E-state index contributed by atoms with van der Waals surface area (Å²) in [6.45, 7) is 25.0. The van der Waals surface area contributed by atoms with Crippen molar-refractivity contribution < 1.29 is 48.1 Å². The minimum atomic E-state index is -1.51. The fourth-order valence-electron chi connectivity index (χ4n) is 7.72. The summed E-state index contributed by atoms with van der Waals surface area (Å²) in [5, 5.41) is 20.8. The number of alkyl carbamates (subject to hydrolysis) is 1. The van der Waals surface area contributed by atoms with Crippen LogP contribution in [0.15, 0.2) is 25.3 Å². The number of nitrogens with two attached hydrogens (primary N) is 1. The number of nitrogens with one attached hydrogen (secondary N) is 4. The van der Waals surface area contributed by atoms with Crippen molar-refractivity contribution >= 4 is 35.7 Å². The molecule has 1 rings (SSSR count). The minimum Gasteiger partial charge on any atom is -0.480 e. The van der Waals surface area contributed by atoms with Crippen molar-refractivity contribution in [3.05, 3.63) is 25.3 Å². The molecule has 8 atom stereocenters. The van der Waals surface area contributed by atoms with E-state index in [1.807, 2.05) is 26.8 Å². The van der Waals surface area contributed by atoms with Gasteiger partial charge in [0, 0.05) is 13.1 Å². The topological polar surface area (TPSA) is 228 Å². The molecule has 1 aliphatic carbocycles. The minimum absolute atomic E-state index is 0.0209. The molecule has 0 aliphatic heterocycles. The monoisotopic (exact) mass is 893 g/mol. The molecular weight excluding hydrogens is 809 g/mol. The van der Waals surface area contributed by atoms with Crippen LogP contribution in [0.4, 0.5) is 4.79 Å². The number of hydrogen-bond donors (Lipinski definition) is 6. The summed E-state index contributed by atoms with van der Waals surface area (Å²) in [4.78, 5) is 84.4. The number of hydrogen-bond acceptors (Lipinski definition) is 10. The highest BCUT2D eigenvalue weighted by atomic mass is 16.6. The van der Waals surface area contributed by atoms with Gasteiger partial charge in [-0.15, -0.1) is 13.2 Å². The Kier molecular flexibility index (Phi) is 25.3. The number of allylic oxidation sites excluding steroid dienone is 2. The first kappa shape index (κ1) is 57.0. The standard InChI is InChI=1S/C47H84N6O10/c1-14-16-18-22-26-37(61-29-31(5)48)34(25-17-15-2)43(57)53(13)36(27-30(3)4)41(55)52-39(33-23-20-19-21-24-33)42(56)50-35(28-49-45(60)63-47(10,11)12)40(54)51-38(44(58)59)32(6)62-46(7,8)9/h14-15,30-39H,1-2,16-29,48H2,3-13H3,(H,49,60)(H,50,56)(H,51,54)(H,52,55)(H,58,59)/t31-,32+,34-,35+,36+,37-,38+,39+/m1/s1. The summed E-state index contributed by atoms with van der Waals surface area (Å²) in [5.74, 6) is -4.69. The van der Waals surface area contributed by atoms with E-state index in [-0.39, 0.29) is 30.4 Å². The number of likely N-dealkylation sites (N-methyl/N-ethyl adjacent to an activating group) is 1. The van der Waals surface area contributed by atoms with Crippen LogP contribution in [0, 0.1) is 17.8 Å². The van der Waals surface area contributed by atoms with Gasteiger partial charge >= 0.3 is 12.1 Å². The average Bonchev–Trinajstić information content (AvgIpc) is 3.17. The van der Waals surface area contributed by atoms with Crippen LogP contribution in [0.1, 0.15) is 146 Å². The van der Waals surface area contributed by atoms with E-state index >= 15 is 0 Å². The summed E-state index contributed by atoms with van der Waals surface area (Å²) in [7, 11) is 1.61. The van der Waals surface area contributed by atoms with Gasteiger partial charge in [-0.2, -0.15) is 0 Å². The molecule has 16 heteroatoms. The van der Waals surface area contributed by atoms with Crippen molar-refractivity contribution in [3.8, 4) is 0 Å². The molecule has 5 amide bonds. The zero-order valence-corrected chi connectivity index (χ0v) is 40.4. The van der Waals surface area contributed by atoms with Crippen LogP contribution in [-0.4, -0.2) is 120 Å². The van der Waals surface area contributed by atoms with Crippen molar-refractivity contribution in [3.63, 3.8) is 0 Å². The lowest BCUT2D eigenvalue weighted by molar-refractivity contribution is -0.150. The first-order valence-corrected chi connectivity index (χ1v) is 23.0. The zero-order valence-electron chi connectivity index (χ0n) is 40.4. The van der Waals surface area contributed by atoms with Crippen LogP contribution < -0.4 is 27.0 Å². The first-order chi connectivity index (χ1) is 29.3. The number of carboxylic acid groups (broad SMARTS) is 1. The van der Waals surface area contributed by atoms with E-state index in [9.17, 15) is 33.9 Å². The van der Waals surface area contributed by atoms with Gasteiger partial charge < -0.3 is 51.2 Å². The largest absolute Gasteiger partial charge is 0.480 e. The Hall–Kier alpha value is -4.02. The quantitative estimate of drug-likeness (QED) is 0.0408. The molecular formula is C47H84N6O10. The lowest BCUT2D eigenvalue weighted by atomic mass is 9.83. The van der Waals surface area contributed by atoms with E-state index in [4.69, 9.17) is 19.9 Å². The van der Waals surface area contributed by atoms with Crippen molar-refractivity contribution in [1.29, 1.82) is 0 Å². The maximum atomic E-state index is 14.6. The van der Waals surface area contributed by atoms with E-state index in [1.54, 1.807) is 54.7 Å². The Morgan fingerprint density at radius 1 is 0.825 bits per heavy atom. The van der Waals surface area contributed by atoms with Crippen LogP contribution in [0.5, 0.6) is 0 Å². The normalized spacial score (nSPS) is 17.4. The lowest BCUT2D eigenvalue weighted by Crippen LogP contribution is -2.62. The fraction of sp³-hybridized carbons (Fsp3) is 0.787. The van der Waals surface area contributed by atoms with E-state index < -0.39 is 89.8 Å². The second-order valence-electron chi connectivity index (χ2n) is 19.6. The number of carboxylic acids is 1. The molecule has 16 nitrogen and oxygen atoms in total. The van der Waals surface area contributed by atoms with Crippen molar-refractivity contribution in [2.45, 2.75) is 200 Å². The second-order valence-corrected chi connectivity index (χ2v) is 19.6. The first-order valence-electron chi connectivity index (χ1n) is 23.0. The maximum Gasteiger partial charge on any atom is 0.407 e. The van der Waals surface area contributed by atoms with Gasteiger partial charge in [0.05, 0.1) is 36.9 Å². The van der Waals surface area contributed by atoms with Gasteiger partial charge in [0.25, 0.3) is 0 Å². The number of amides is 5. The smallest absolute Gasteiger partial charge is 0.407 e. The van der Waals surface area contributed by atoms with Gasteiger partial charge in [0.1, 0.15) is 23.7 Å². The molecule has 0 heterocycles. The summed E-state index contributed by atoms with van der Waals surface area (Å²) < 4.78 is 17.5. The molecule has 7 N–H and O–H groups in total. The highest BCUT2D eigenvalue weighted by Crippen LogP contribution is 2.29. The van der Waals surface area contributed by atoms with Crippen LogP contribution in [0.2, 0.25) is 0 Å². The fourth-order valence-corrected chi connectivity index (χ4v) is 7.72. The highest BCUT2D eigenvalue weighted by Gasteiger charge is 2.40. The third-order valence-corrected chi connectivity index (χ3v) is 10.7. The molecule has 362 valence electrons. The van der Waals surface area contributed by atoms with E-state index in [1.165, 1.54) is 11.8 Å². The van der Waals surface area contributed by atoms with E-state index in [2.05, 4.69) is 34.4 Å². The maximum absolute atomic E-state index is 14.6. The second kappa shape index (κ2) is 28.0. The van der Waals surface area contributed by atoms with E-state index in [0.717, 1.165) is 38.5 Å². The number of carbonyl (C=O) groups excluding carboxylic acids is 5. The summed E-state index contributed by atoms with van der Waals surface area (Å²) >= 11 is 0. The molecule has 0 saturated heterocycles. The molecule has 0 unspecified atom stereocenters.